The van der Waals surface area contributed by atoms with Gasteiger partial charge in [0.05, 0.1) is 7.11 Å². The highest BCUT2D eigenvalue weighted by molar-refractivity contribution is 5.96. The number of hydrogen-bond acceptors (Lipinski definition) is 2. The van der Waals surface area contributed by atoms with Crippen LogP contribution in [0.1, 0.15) is 36.2 Å². The molecule has 0 bridgehead atoms. The number of methoxy groups -OCH3 is 1. The highest BCUT2D eigenvalue weighted by Crippen LogP contribution is 2.20. The van der Waals surface area contributed by atoms with Gasteiger partial charge in [-0.15, -0.1) is 0 Å². The Morgan fingerprint density at radius 1 is 1.40 bits per heavy atom. The van der Waals surface area contributed by atoms with Crippen LogP contribution in [-0.2, 0) is 0 Å². The Morgan fingerprint density at radius 2 is 2.07 bits per heavy atom. The molecule has 0 aliphatic rings. The van der Waals surface area contributed by atoms with Crippen molar-refractivity contribution in [2.45, 2.75) is 27.2 Å². The molecule has 2 heteroatoms. The van der Waals surface area contributed by atoms with Crippen molar-refractivity contribution in [2.75, 3.05) is 7.11 Å². The van der Waals surface area contributed by atoms with E-state index in [2.05, 4.69) is 0 Å². The van der Waals surface area contributed by atoms with Crippen LogP contribution in [0, 0.1) is 12.8 Å². The van der Waals surface area contributed by atoms with Crippen molar-refractivity contribution in [3.8, 4) is 5.75 Å². The SMILES string of the molecule is COc1ccc(C(=O)CC(C)C)cc1C. The predicted octanol–water partition coefficient (Wildman–Crippen LogP) is 3.23. The molecule has 0 heterocycles. The number of Topliss-reactive ketones (excluding diaryl/α,β-unsaturated/α-hetero) is 1. The van der Waals surface area contributed by atoms with E-state index in [1.165, 1.54) is 0 Å². The Morgan fingerprint density at radius 3 is 2.53 bits per heavy atom. The number of carbonyl (C=O) groups excluding carboxylic acids is 1. The van der Waals surface area contributed by atoms with Crippen LogP contribution in [0.25, 0.3) is 0 Å². The Balaban J connectivity index is 2.87. The van der Waals surface area contributed by atoms with Crippen LogP contribution >= 0.6 is 0 Å². The van der Waals surface area contributed by atoms with Crippen molar-refractivity contribution >= 4 is 5.78 Å². The molecule has 0 fully saturated rings. The minimum absolute atomic E-state index is 0.204. The van der Waals surface area contributed by atoms with E-state index in [4.69, 9.17) is 4.74 Å². The summed E-state index contributed by atoms with van der Waals surface area (Å²) in [5, 5.41) is 0. The molecule has 15 heavy (non-hydrogen) atoms. The van der Waals surface area contributed by atoms with Gasteiger partial charge in [-0.3, -0.25) is 4.79 Å². The summed E-state index contributed by atoms with van der Waals surface area (Å²) in [5.74, 6) is 1.44. The predicted molar refractivity (Wildman–Crippen MR) is 61.5 cm³/mol. The molecule has 0 atom stereocenters. The first-order chi connectivity index (χ1) is 7.04. The number of carbonyl (C=O) groups is 1. The van der Waals surface area contributed by atoms with Crippen molar-refractivity contribution in [2.24, 2.45) is 5.92 Å². The normalized spacial score (nSPS) is 10.5. The summed E-state index contributed by atoms with van der Waals surface area (Å²) < 4.78 is 5.15. The average molecular weight is 206 g/mol. The molecule has 0 spiro atoms. The molecule has 0 saturated heterocycles. The molecule has 0 unspecified atom stereocenters. The number of ether oxygens (including phenoxy) is 1. The Kier molecular flexibility index (Phi) is 3.89. The zero-order valence-electron chi connectivity index (χ0n) is 9.83. The van der Waals surface area contributed by atoms with Gasteiger partial charge in [-0.1, -0.05) is 13.8 Å². The molecule has 0 aliphatic heterocycles. The standard InChI is InChI=1S/C13H18O2/c1-9(2)7-12(14)11-5-6-13(15-4)10(3)8-11/h5-6,8-9H,7H2,1-4H3. The van der Waals surface area contributed by atoms with Crippen molar-refractivity contribution in [1.29, 1.82) is 0 Å². The molecule has 2 nitrogen and oxygen atoms in total. The lowest BCUT2D eigenvalue weighted by Gasteiger charge is -2.07. The Bertz CT molecular complexity index is 354. The molecule has 1 aromatic carbocycles. The third kappa shape index (κ3) is 3.08. The molecule has 1 aromatic rings. The fourth-order valence-electron chi connectivity index (χ4n) is 1.54. The molecular weight excluding hydrogens is 188 g/mol. The smallest absolute Gasteiger partial charge is 0.163 e. The molecule has 0 N–H and O–H groups in total. The van der Waals surface area contributed by atoms with E-state index in [-0.39, 0.29) is 5.78 Å². The highest BCUT2D eigenvalue weighted by atomic mass is 16.5. The largest absolute Gasteiger partial charge is 0.496 e. The third-order valence-electron chi connectivity index (χ3n) is 2.31. The van der Waals surface area contributed by atoms with E-state index in [9.17, 15) is 4.79 Å². The van der Waals surface area contributed by atoms with Gasteiger partial charge >= 0.3 is 0 Å². The van der Waals surface area contributed by atoms with Crippen molar-refractivity contribution < 1.29 is 9.53 Å². The van der Waals surface area contributed by atoms with E-state index in [0.29, 0.717) is 12.3 Å². The summed E-state index contributed by atoms with van der Waals surface area (Å²) in [6, 6.07) is 5.57. The van der Waals surface area contributed by atoms with E-state index in [0.717, 1.165) is 16.9 Å². The highest BCUT2D eigenvalue weighted by Gasteiger charge is 2.09. The molecule has 82 valence electrons. The van der Waals surface area contributed by atoms with Crippen LogP contribution in [-0.4, -0.2) is 12.9 Å². The lowest BCUT2D eigenvalue weighted by atomic mass is 10.00. The topological polar surface area (TPSA) is 26.3 Å². The molecule has 0 amide bonds. The quantitative estimate of drug-likeness (QED) is 0.707. The first kappa shape index (κ1) is 11.8. The number of benzene rings is 1. The summed E-state index contributed by atoms with van der Waals surface area (Å²) in [6.45, 7) is 6.05. The Labute approximate surface area is 91.3 Å². The van der Waals surface area contributed by atoms with Crippen molar-refractivity contribution in [1.82, 2.24) is 0 Å². The van der Waals surface area contributed by atoms with Gasteiger partial charge in [0.1, 0.15) is 5.75 Å². The van der Waals surface area contributed by atoms with Crippen molar-refractivity contribution in [3.63, 3.8) is 0 Å². The number of rotatable bonds is 4. The average Bonchev–Trinajstić information content (AvgIpc) is 2.16. The summed E-state index contributed by atoms with van der Waals surface area (Å²) in [7, 11) is 1.64. The monoisotopic (exact) mass is 206 g/mol. The van der Waals surface area contributed by atoms with Crippen LogP contribution in [0.15, 0.2) is 18.2 Å². The summed E-state index contributed by atoms with van der Waals surface area (Å²) in [4.78, 5) is 11.8. The van der Waals surface area contributed by atoms with E-state index in [1.807, 2.05) is 39.0 Å². The number of hydrogen-bond donors (Lipinski definition) is 0. The van der Waals surface area contributed by atoms with Crippen LogP contribution in [0.2, 0.25) is 0 Å². The minimum Gasteiger partial charge on any atom is -0.496 e. The van der Waals surface area contributed by atoms with Crippen molar-refractivity contribution in [3.05, 3.63) is 29.3 Å². The summed E-state index contributed by atoms with van der Waals surface area (Å²) in [6.07, 6.45) is 0.603. The third-order valence-corrected chi connectivity index (χ3v) is 2.31. The lowest BCUT2D eigenvalue weighted by Crippen LogP contribution is -2.04. The first-order valence-corrected chi connectivity index (χ1v) is 5.22. The fourth-order valence-corrected chi connectivity index (χ4v) is 1.54. The second kappa shape index (κ2) is 4.96. The Hall–Kier alpha value is -1.31. The van der Waals surface area contributed by atoms with E-state index < -0.39 is 0 Å². The molecule has 0 saturated carbocycles. The van der Waals surface area contributed by atoms with Gasteiger partial charge in [0, 0.05) is 12.0 Å². The molecule has 0 aromatic heterocycles. The molecular formula is C13H18O2. The van der Waals surface area contributed by atoms with Crippen LogP contribution < -0.4 is 4.74 Å². The number of ketones is 1. The second-order valence-corrected chi connectivity index (χ2v) is 4.21. The van der Waals surface area contributed by atoms with Gasteiger partial charge in [-0.2, -0.15) is 0 Å². The molecule has 0 aliphatic carbocycles. The van der Waals surface area contributed by atoms with E-state index >= 15 is 0 Å². The number of aryl methyl sites for hydroxylation is 1. The first-order valence-electron chi connectivity index (χ1n) is 5.22. The van der Waals surface area contributed by atoms with Gasteiger partial charge in [0.2, 0.25) is 0 Å². The van der Waals surface area contributed by atoms with Crippen LogP contribution in [0.5, 0.6) is 5.75 Å². The van der Waals surface area contributed by atoms with Gasteiger partial charge in [-0.25, -0.2) is 0 Å². The fraction of sp³-hybridized carbons (Fsp3) is 0.462. The van der Waals surface area contributed by atoms with Gasteiger partial charge < -0.3 is 4.74 Å². The van der Waals surface area contributed by atoms with Gasteiger partial charge in [0.25, 0.3) is 0 Å². The minimum atomic E-state index is 0.204. The summed E-state index contributed by atoms with van der Waals surface area (Å²) >= 11 is 0. The second-order valence-electron chi connectivity index (χ2n) is 4.21. The zero-order valence-corrected chi connectivity index (χ0v) is 9.83. The lowest BCUT2D eigenvalue weighted by molar-refractivity contribution is 0.0967. The molecule has 1 rings (SSSR count). The van der Waals surface area contributed by atoms with Gasteiger partial charge in [0.15, 0.2) is 5.78 Å². The maximum atomic E-state index is 11.8. The van der Waals surface area contributed by atoms with Crippen LogP contribution in [0.3, 0.4) is 0 Å². The zero-order chi connectivity index (χ0) is 11.4. The van der Waals surface area contributed by atoms with Crippen LogP contribution in [0.4, 0.5) is 0 Å². The maximum absolute atomic E-state index is 11.8. The summed E-state index contributed by atoms with van der Waals surface area (Å²) in [5.41, 5.74) is 1.79. The van der Waals surface area contributed by atoms with Gasteiger partial charge in [-0.05, 0) is 36.6 Å². The van der Waals surface area contributed by atoms with E-state index in [1.54, 1.807) is 7.11 Å². The molecule has 0 radical (unpaired) electrons. The maximum Gasteiger partial charge on any atom is 0.163 e.